The normalized spacial score (nSPS) is 17.4. The minimum absolute atomic E-state index is 0.192. The van der Waals surface area contributed by atoms with E-state index < -0.39 is 0 Å². The number of nitrogens with two attached hydrogens (primary N) is 2. The Labute approximate surface area is 64.0 Å². The van der Waals surface area contributed by atoms with Crippen molar-refractivity contribution >= 4 is 0 Å². The minimum Gasteiger partial charge on any atom is -0.329 e. The summed E-state index contributed by atoms with van der Waals surface area (Å²) in [7, 11) is 0. The first kappa shape index (κ1) is 9.92. The van der Waals surface area contributed by atoms with E-state index in [9.17, 15) is 0 Å². The van der Waals surface area contributed by atoms with E-state index in [0.29, 0.717) is 12.5 Å². The van der Waals surface area contributed by atoms with Gasteiger partial charge in [-0.1, -0.05) is 20.8 Å². The predicted molar refractivity (Wildman–Crippen MR) is 45.6 cm³/mol. The van der Waals surface area contributed by atoms with E-state index in [-0.39, 0.29) is 6.04 Å². The molecule has 0 fully saturated rings. The van der Waals surface area contributed by atoms with Crippen LogP contribution in [0.1, 0.15) is 27.2 Å². The maximum absolute atomic E-state index is 5.69. The second kappa shape index (κ2) is 4.69. The maximum atomic E-state index is 5.69. The van der Waals surface area contributed by atoms with Crippen LogP contribution in [0.2, 0.25) is 0 Å². The molecule has 0 aliphatic carbocycles. The van der Waals surface area contributed by atoms with E-state index in [1.54, 1.807) is 0 Å². The van der Waals surface area contributed by atoms with Crippen molar-refractivity contribution in [2.45, 2.75) is 33.2 Å². The van der Waals surface area contributed by atoms with Crippen LogP contribution in [0.25, 0.3) is 0 Å². The second-order valence-electron chi connectivity index (χ2n) is 3.45. The van der Waals surface area contributed by atoms with Crippen LogP contribution < -0.4 is 11.5 Å². The molecule has 0 radical (unpaired) electrons. The fourth-order valence-electron chi connectivity index (χ4n) is 0.846. The van der Waals surface area contributed by atoms with Gasteiger partial charge in [0.2, 0.25) is 0 Å². The third-order valence-electron chi connectivity index (χ3n) is 2.12. The minimum atomic E-state index is 0.192. The van der Waals surface area contributed by atoms with Gasteiger partial charge in [-0.05, 0) is 18.3 Å². The topological polar surface area (TPSA) is 52.0 Å². The lowest BCUT2D eigenvalue weighted by Crippen LogP contribution is -2.32. The monoisotopic (exact) mass is 144 g/mol. The molecule has 0 spiro atoms. The van der Waals surface area contributed by atoms with Gasteiger partial charge in [-0.3, -0.25) is 0 Å². The molecular weight excluding hydrogens is 124 g/mol. The first-order valence-corrected chi connectivity index (χ1v) is 4.03. The Morgan fingerprint density at radius 3 is 2.00 bits per heavy atom. The molecule has 0 heterocycles. The molecule has 0 aromatic heterocycles. The van der Waals surface area contributed by atoms with Crippen LogP contribution in [0.4, 0.5) is 0 Å². The summed E-state index contributed by atoms with van der Waals surface area (Å²) in [5.74, 6) is 1.41. The molecule has 0 bridgehead atoms. The van der Waals surface area contributed by atoms with E-state index in [4.69, 9.17) is 11.5 Å². The molecule has 62 valence electrons. The standard InChI is InChI=1S/C8H20N2/c1-6(2)7(3)4-8(10)5-9/h6-8H,4-5,9-10H2,1-3H3. The van der Waals surface area contributed by atoms with Crippen LogP contribution in [0, 0.1) is 11.8 Å². The summed E-state index contributed by atoms with van der Waals surface area (Å²) in [6, 6.07) is 0.192. The Morgan fingerprint density at radius 1 is 1.20 bits per heavy atom. The quantitative estimate of drug-likeness (QED) is 0.617. The fraction of sp³-hybridized carbons (Fsp3) is 1.00. The zero-order valence-corrected chi connectivity index (χ0v) is 7.30. The summed E-state index contributed by atoms with van der Waals surface area (Å²) in [6.07, 6.45) is 1.05. The molecule has 0 saturated heterocycles. The van der Waals surface area contributed by atoms with E-state index in [1.807, 2.05) is 0 Å². The largest absolute Gasteiger partial charge is 0.329 e. The van der Waals surface area contributed by atoms with Crippen LogP contribution in [0.15, 0.2) is 0 Å². The Bertz CT molecular complexity index is 81.3. The summed E-state index contributed by atoms with van der Waals surface area (Å²) in [5.41, 5.74) is 11.1. The van der Waals surface area contributed by atoms with Gasteiger partial charge in [-0.15, -0.1) is 0 Å². The van der Waals surface area contributed by atoms with Crippen molar-refractivity contribution in [1.82, 2.24) is 0 Å². The maximum Gasteiger partial charge on any atom is 0.0165 e. The van der Waals surface area contributed by atoms with Gasteiger partial charge in [0.25, 0.3) is 0 Å². The molecule has 0 aromatic rings. The lowest BCUT2D eigenvalue weighted by atomic mass is 9.91. The molecule has 2 unspecified atom stereocenters. The molecule has 0 saturated carbocycles. The van der Waals surface area contributed by atoms with Crippen molar-refractivity contribution in [3.63, 3.8) is 0 Å². The zero-order valence-electron chi connectivity index (χ0n) is 7.30. The van der Waals surface area contributed by atoms with Gasteiger partial charge in [0.1, 0.15) is 0 Å². The summed E-state index contributed by atoms with van der Waals surface area (Å²) in [5, 5.41) is 0. The first-order chi connectivity index (χ1) is 4.57. The average molecular weight is 144 g/mol. The Kier molecular flexibility index (Phi) is 4.65. The number of rotatable bonds is 4. The highest BCUT2D eigenvalue weighted by Crippen LogP contribution is 2.14. The highest BCUT2D eigenvalue weighted by molar-refractivity contribution is 4.67. The van der Waals surface area contributed by atoms with Crippen LogP contribution >= 0.6 is 0 Å². The van der Waals surface area contributed by atoms with Gasteiger partial charge in [0, 0.05) is 12.6 Å². The predicted octanol–water partition coefficient (Wildman–Crippen LogP) is 0.955. The SMILES string of the molecule is CC(C)C(C)CC(N)CN. The van der Waals surface area contributed by atoms with E-state index in [0.717, 1.165) is 12.3 Å². The Morgan fingerprint density at radius 2 is 1.70 bits per heavy atom. The van der Waals surface area contributed by atoms with Gasteiger partial charge < -0.3 is 11.5 Å². The van der Waals surface area contributed by atoms with Gasteiger partial charge in [0.15, 0.2) is 0 Å². The van der Waals surface area contributed by atoms with Gasteiger partial charge >= 0.3 is 0 Å². The van der Waals surface area contributed by atoms with Crippen molar-refractivity contribution in [3.05, 3.63) is 0 Å². The van der Waals surface area contributed by atoms with Crippen molar-refractivity contribution < 1.29 is 0 Å². The highest BCUT2D eigenvalue weighted by Gasteiger charge is 2.10. The summed E-state index contributed by atoms with van der Waals surface area (Å²) >= 11 is 0. The number of hydrogen-bond donors (Lipinski definition) is 2. The molecule has 0 aliphatic rings. The lowest BCUT2D eigenvalue weighted by molar-refractivity contribution is 0.362. The van der Waals surface area contributed by atoms with Crippen molar-refractivity contribution in [2.75, 3.05) is 6.54 Å². The molecule has 0 aliphatic heterocycles. The highest BCUT2D eigenvalue weighted by atomic mass is 14.7. The molecule has 2 heteroatoms. The molecule has 2 nitrogen and oxygen atoms in total. The molecular formula is C8H20N2. The van der Waals surface area contributed by atoms with Crippen LogP contribution in [-0.2, 0) is 0 Å². The van der Waals surface area contributed by atoms with Crippen molar-refractivity contribution in [1.29, 1.82) is 0 Å². The lowest BCUT2D eigenvalue weighted by Gasteiger charge is -2.18. The Balaban J connectivity index is 3.46. The molecule has 0 amide bonds. The summed E-state index contributed by atoms with van der Waals surface area (Å²) in [4.78, 5) is 0. The Hall–Kier alpha value is -0.0800. The molecule has 0 aromatic carbocycles. The van der Waals surface area contributed by atoms with Gasteiger partial charge in [-0.25, -0.2) is 0 Å². The van der Waals surface area contributed by atoms with Crippen molar-refractivity contribution in [2.24, 2.45) is 23.3 Å². The van der Waals surface area contributed by atoms with Crippen LogP contribution in [-0.4, -0.2) is 12.6 Å². The first-order valence-electron chi connectivity index (χ1n) is 4.03. The van der Waals surface area contributed by atoms with E-state index >= 15 is 0 Å². The molecule has 4 N–H and O–H groups in total. The van der Waals surface area contributed by atoms with Gasteiger partial charge in [-0.2, -0.15) is 0 Å². The summed E-state index contributed by atoms with van der Waals surface area (Å²) in [6.45, 7) is 7.26. The fourth-order valence-corrected chi connectivity index (χ4v) is 0.846. The molecule has 10 heavy (non-hydrogen) atoms. The molecule has 2 atom stereocenters. The smallest absolute Gasteiger partial charge is 0.0165 e. The average Bonchev–Trinajstić information content (AvgIpc) is 1.87. The van der Waals surface area contributed by atoms with Gasteiger partial charge in [0.05, 0.1) is 0 Å². The van der Waals surface area contributed by atoms with Crippen molar-refractivity contribution in [3.8, 4) is 0 Å². The van der Waals surface area contributed by atoms with Crippen LogP contribution in [0.5, 0.6) is 0 Å². The zero-order chi connectivity index (χ0) is 8.15. The third kappa shape index (κ3) is 3.85. The molecule has 0 rings (SSSR count). The van der Waals surface area contributed by atoms with E-state index in [1.165, 1.54) is 0 Å². The third-order valence-corrected chi connectivity index (χ3v) is 2.12. The second-order valence-corrected chi connectivity index (χ2v) is 3.45. The summed E-state index contributed by atoms with van der Waals surface area (Å²) < 4.78 is 0. The van der Waals surface area contributed by atoms with Crippen LogP contribution in [0.3, 0.4) is 0 Å². The van der Waals surface area contributed by atoms with E-state index in [2.05, 4.69) is 20.8 Å². The number of hydrogen-bond acceptors (Lipinski definition) is 2.